The highest BCUT2D eigenvalue weighted by molar-refractivity contribution is 6.34. The molecule has 140 valence electrons. The molecule has 3 rings (SSSR count). The van der Waals surface area contributed by atoms with Crippen molar-refractivity contribution in [1.82, 2.24) is 9.78 Å². The molecule has 3 aromatic rings. The maximum absolute atomic E-state index is 13.1. The van der Waals surface area contributed by atoms with Crippen LogP contribution in [-0.2, 0) is 0 Å². The molecule has 1 heterocycles. The van der Waals surface area contributed by atoms with Gasteiger partial charge in [0.1, 0.15) is 28.0 Å². The minimum Gasteiger partial charge on any atom is -0.497 e. The van der Waals surface area contributed by atoms with Crippen molar-refractivity contribution in [3.8, 4) is 17.2 Å². The number of hydrogen-bond acceptors (Lipinski definition) is 4. The summed E-state index contributed by atoms with van der Waals surface area (Å²) in [4.78, 5) is 12.8. The van der Waals surface area contributed by atoms with E-state index in [1.54, 1.807) is 25.1 Å². The van der Waals surface area contributed by atoms with Crippen LogP contribution in [0.25, 0.3) is 5.69 Å². The highest BCUT2D eigenvalue weighted by Gasteiger charge is 2.21. The predicted molar refractivity (Wildman–Crippen MR) is 101 cm³/mol. The summed E-state index contributed by atoms with van der Waals surface area (Å²) >= 11 is 6.38. The van der Waals surface area contributed by atoms with E-state index in [0.717, 1.165) is 0 Å². The lowest BCUT2D eigenvalue weighted by atomic mass is 10.2. The van der Waals surface area contributed by atoms with Gasteiger partial charge in [0, 0.05) is 23.9 Å². The van der Waals surface area contributed by atoms with Crippen molar-refractivity contribution in [2.45, 2.75) is 6.92 Å². The fourth-order valence-electron chi connectivity index (χ4n) is 2.58. The van der Waals surface area contributed by atoms with Gasteiger partial charge < -0.3 is 14.8 Å². The Hall–Kier alpha value is -3.06. The zero-order chi connectivity index (χ0) is 19.6. The zero-order valence-corrected chi connectivity index (χ0v) is 15.7. The third kappa shape index (κ3) is 3.88. The molecule has 6 nitrogen and oxygen atoms in total. The lowest BCUT2D eigenvalue weighted by Crippen LogP contribution is -2.13. The molecular formula is C19H17ClFN3O3. The summed E-state index contributed by atoms with van der Waals surface area (Å²) in [5.41, 5.74) is 1.70. The molecule has 0 bridgehead atoms. The van der Waals surface area contributed by atoms with Crippen molar-refractivity contribution in [3.05, 3.63) is 64.7 Å². The molecule has 0 spiro atoms. The third-order valence-electron chi connectivity index (χ3n) is 3.91. The van der Waals surface area contributed by atoms with Gasteiger partial charge >= 0.3 is 0 Å². The van der Waals surface area contributed by atoms with Crippen LogP contribution < -0.4 is 14.8 Å². The Balaban J connectivity index is 1.93. The second kappa shape index (κ2) is 7.67. The number of aromatic nitrogens is 2. The molecule has 0 unspecified atom stereocenters. The van der Waals surface area contributed by atoms with Crippen molar-refractivity contribution >= 4 is 23.2 Å². The topological polar surface area (TPSA) is 65.4 Å². The van der Waals surface area contributed by atoms with Crippen molar-refractivity contribution in [3.63, 3.8) is 0 Å². The van der Waals surface area contributed by atoms with E-state index in [4.69, 9.17) is 21.1 Å². The van der Waals surface area contributed by atoms with Crippen LogP contribution in [0.2, 0.25) is 5.15 Å². The van der Waals surface area contributed by atoms with Gasteiger partial charge in [0.05, 0.1) is 25.6 Å². The van der Waals surface area contributed by atoms with Crippen LogP contribution >= 0.6 is 11.6 Å². The molecule has 1 N–H and O–H groups in total. The number of methoxy groups -OCH3 is 2. The Morgan fingerprint density at radius 3 is 2.26 bits per heavy atom. The van der Waals surface area contributed by atoms with Crippen molar-refractivity contribution in [2.24, 2.45) is 0 Å². The highest BCUT2D eigenvalue weighted by atomic mass is 35.5. The van der Waals surface area contributed by atoms with Crippen molar-refractivity contribution in [2.75, 3.05) is 19.5 Å². The molecule has 2 aromatic carbocycles. The molecule has 0 saturated carbocycles. The quantitative estimate of drug-likeness (QED) is 0.708. The second-order valence-corrected chi connectivity index (χ2v) is 6.05. The zero-order valence-electron chi connectivity index (χ0n) is 14.9. The van der Waals surface area contributed by atoms with Crippen LogP contribution in [0.4, 0.5) is 10.1 Å². The molecule has 0 fully saturated rings. The highest BCUT2D eigenvalue weighted by Crippen LogP contribution is 2.28. The summed E-state index contributed by atoms with van der Waals surface area (Å²) in [6.45, 7) is 1.67. The number of nitrogens with one attached hydrogen (secondary N) is 1. The van der Waals surface area contributed by atoms with Gasteiger partial charge in [-0.1, -0.05) is 11.6 Å². The Bertz CT molecular complexity index is 964. The Morgan fingerprint density at radius 1 is 1.11 bits per heavy atom. The first kappa shape index (κ1) is 18.7. The largest absolute Gasteiger partial charge is 0.497 e. The lowest BCUT2D eigenvalue weighted by molar-refractivity contribution is 0.102. The number of carbonyl (C=O) groups is 1. The maximum atomic E-state index is 13.1. The number of rotatable bonds is 5. The van der Waals surface area contributed by atoms with E-state index in [0.29, 0.717) is 28.6 Å². The fraction of sp³-hybridized carbons (Fsp3) is 0.158. The van der Waals surface area contributed by atoms with E-state index >= 15 is 0 Å². The summed E-state index contributed by atoms with van der Waals surface area (Å²) in [6, 6.07) is 10.7. The van der Waals surface area contributed by atoms with Crippen LogP contribution in [0.15, 0.2) is 42.5 Å². The van der Waals surface area contributed by atoms with Gasteiger partial charge in [-0.15, -0.1) is 0 Å². The van der Waals surface area contributed by atoms with E-state index in [1.807, 2.05) is 0 Å². The average Bonchev–Trinajstić information content (AvgIpc) is 2.96. The van der Waals surface area contributed by atoms with E-state index in [9.17, 15) is 9.18 Å². The maximum Gasteiger partial charge on any atom is 0.260 e. The lowest BCUT2D eigenvalue weighted by Gasteiger charge is -2.10. The van der Waals surface area contributed by atoms with Gasteiger partial charge in [-0.3, -0.25) is 4.79 Å². The minimum atomic E-state index is -0.429. The van der Waals surface area contributed by atoms with Crippen LogP contribution in [0.1, 0.15) is 16.1 Å². The van der Waals surface area contributed by atoms with E-state index < -0.39 is 5.91 Å². The molecule has 27 heavy (non-hydrogen) atoms. The Labute approximate surface area is 160 Å². The van der Waals surface area contributed by atoms with Crippen molar-refractivity contribution < 1.29 is 18.7 Å². The summed E-state index contributed by atoms with van der Waals surface area (Å²) in [7, 11) is 3.04. The van der Waals surface area contributed by atoms with Gasteiger partial charge in [0.2, 0.25) is 0 Å². The van der Waals surface area contributed by atoms with E-state index in [1.165, 1.54) is 43.2 Å². The molecular weight excluding hydrogens is 373 g/mol. The molecule has 0 atom stereocenters. The Morgan fingerprint density at radius 2 is 1.70 bits per heavy atom. The van der Waals surface area contributed by atoms with Gasteiger partial charge in [-0.2, -0.15) is 5.10 Å². The predicted octanol–water partition coefficient (Wildman–Crippen LogP) is 4.24. The number of carbonyl (C=O) groups excluding carboxylic acids is 1. The smallest absolute Gasteiger partial charge is 0.260 e. The van der Waals surface area contributed by atoms with Crippen LogP contribution in [0.3, 0.4) is 0 Å². The molecule has 0 radical (unpaired) electrons. The van der Waals surface area contributed by atoms with Crippen LogP contribution in [0, 0.1) is 12.7 Å². The third-order valence-corrected chi connectivity index (χ3v) is 4.26. The number of aryl methyl sites for hydroxylation is 1. The normalized spacial score (nSPS) is 10.6. The molecule has 0 aliphatic carbocycles. The first-order chi connectivity index (χ1) is 12.9. The minimum absolute atomic E-state index is 0.131. The van der Waals surface area contributed by atoms with Crippen LogP contribution in [-0.4, -0.2) is 29.9 Å². The van der Waals surface area contributed by atoms with Gasteiger partial charge in [-0.25, -0.2) is 9.07 Å². The fourth-order valence-corrected chi connectivity index (χ4v) is 2.94. The summed E-state index contributed by atoms with van der Waals surface area (Å²) in [5, 5.41) is 7.19. The first-order valence-corrected chi connectivity index (χ1v) is 8.36. The molecule has 1 amide bonds. The SMILES string of the molecule is COc1cc(NC(=O)c2c(C)nn(-c3ccc(F)cc3)c2Cl)cc(OC)c1. The molecule has 0 aliphatic rings. The van der Waals surface area contributed by atoms with Gasteiger partial charge in [-0.05, 0) is 31.2 Å². The number of ether oxygens (including phenoxy) is 2. The number of amides is 1. The monoisotopic (exact) mass is 389 g/mol. The van der Waals surface area contributed by atoms with Gasteiger partial charge in [0.15, 0.2) is 0 Å². The molecule has 1 aromatic heterocycles. The number of hydrogen-bond donors (Lipinski definition) is 1. The van der Waals surface area contributed by atoms with E-state index in [-0.39, 0.29) is 16.5 Å². The standard InChI is InChI=1S/C19H17ClFN3O3/c1-11-17(18(20)24(23-11)14-6-4-12(21)5-7-14)19(25)22-13-8-15(26-2)10-16(9-13)27-3/h4-10H,1-3H3,(H,22,25). The van der Waals surface area contributed by atoms with Gasteiger partial charge in [0.25, 0.3) is 5.91 Å². The summed E-state index contributed by atoms with van der Waals surface area (Å²) in [6.07, 6.45) is 0. The molecule has 8 heteroatoms. The summed E-state index contributed by atoms with van der Waals surface area (Å²) < 4.78 is 24.9. The molecule has 0 aliphatic heterocycles. The van der Waals surface area contributed by atoms with Crippen LogP contribution in [0.5, 0.6) is 11.5 Å². The van der Waals surface area contributed by atoms with E-state index in [2.05, 4.69) is 10.4 Å². The summed E-state index contributed by atoms with van der Waals surface area (Å²) in [5.74, 6) is 0.272. The molecule has 0 saturated heterocycles. The number of halogens is 2. The van der Waals surface area contributed by atoms with Crippen molar-refractivity contribution in [1.29, 1.82) is 0 Å². The first-order valence-electron chi connectivity index (χ1n) is 7.98. The Kier molecular flexibility index (Phi) is 5.32. The number of anilines is 1. The number of nitrogens with zero attached hydrogens (tertiary/aromatic N) is 2. The second-order valence-electron chi connectivity index (χ2n) is 5.69. The average molecular weight is 390 g/mol. The number of benzene rings is 2.